The zero-order valence-corrected chi connectivity index (χ0v) is 45.0. The number of aliphatic hydroxyl groups excluding tert-OH is 4. The van der Waals surface area contributed by atoms with E-state index in [0.717, 1.165) is 12.8 Å². The van der Waals surface area contributed by atoms with E-state index < -0.39 is 38.7 Å². The van der Waals surface area contributed by atoms with Gasteiger partial charge in [-0.15, -0.1) is 39.5 Å². The van der Waals surface area contributed by atoms with E-state index in [1.54, 1.807) is 12.2 Å². The monoisotopic (exact) mass is 1080 g/mol. The predicted octanol–water partition coefficient (Wildman–Crippen LogP) is 8.81. The van der Waals surface area contributed by atoms with Gasteiger partial charge in [-0.3, -0.25) is 9.05 Å². The molecule has 0 saturated heterocycles. The summed E-state index contributed by atoms with van der Waals surface area (Å²) in [6.45, 7) is 41.4. The summed E-state index contributed by atoms with van der Waals surface area (Å²) < 4.78 is 71.1. The van der Waals surface area contributed by atoms with Crippen LogP contribution in [0, 0.1) is 21.7 Å². The summed E-state index contributed by atoms with van der Waals surface area (Å²) in [4.78, 5) is 20.3. The Hall–Kier alpha value is -2.50. The van der Waals surface area contributed by atoms with E-state index in [4.69, 9.17) is 37.5 Å². The molecule has 0 bridgehead atoms. The van der Waals surface area contributed by atoms with Crippen LogP contribution in [0.5, 0.6) is 0 Å². The fraction of sp³-hybridized carbons (Fsp3) is 0.583. The van der Waals surface area contributed by atoms with Crippen LogP contribution in [0.3, 0.4) is 0 Å². The first kappa shape index (κ1) is 72.0. The molecule has 6 unspecified atom stereocenters. The summed E-state index contributed by atoms with van der Waals surface area (Å²) in [6.07, 6.45) is 16.9. The average Bonchev–Trinajstić information content (AvgIpc) is 3.32. The van der Waals surface area contributed by atoms with Gasteiger partial charge in [0.15, 0.2) is 0 Å². The Morgan fingerprint density at radius 2 is 0.824 bits per heavy atom. The van der Waals surface area contributed by atoms with Crippen molar-refractivity contribution in [2.75, 3.05) is 79.3 Å². The maximum Gasteiger partial charge on any atom is 0.481 e. The zero-order valence-electron chi connectivity index (χ0n) is 40.7. The summed E-state index contributed by atoms with van der Waals surface area (Å²) in [5, 5.41) is 37.8. The minimum atomic E-state index is -5.05. The average molecular weight is 1090 g/mol. The molecule has 68 heavy (non-hydrogen) atoms. The van der Waals surface area contributed by atoms with Gasteiger partial charge in [0, 0.05) is 47.9 Å². The summed E-state index contributed by atoms with van der Waals surface area (Å²) in [5.41, 5.74) is -2.53. The van der Waals surface area contributed by atoms with E-state index >= 15 is 0 Å². The van der Waals surface area contributed by atoms with Gasteiger partial charge in [-0.1, -0.05) is 76.6 Å². The third-order valence-electron chi connectivity index (χ3n) is 10.7. The van der Waals surface area contributed by atoms with Crippen LogP contribution < -0.4 is 0 Å². The number of phosphoric acid groups is 2. The molecule has 0 aliphatic heterocycles. The fourth-order valence-electron chi connectivity index (χ4n) is 5.87. The SMILES string of the molecule is C=CCOCC(CC)(CO)CC(O)C=C.C=CCOCC(CC)(CO)CC(O)C=C.C=COCCC(C=C)(CCOC=C)COP(=O)(O)OP(=O)(O)OCC(C=C)(CCOC=C)CCOC=C.[Zr]. The van der Waals surface area contributed by atoms with Crippen LogP contribution >= 0.6 is 15.6 Å². The zero-order chi connectivity index (χ0) is 51.7. The smallest absolute Gasteiger partial charge is 0.481 e. The van der Waals surface area contributed by atoms with E-state index in [0.29, 0.717) is 65.0 Å². The molecule has 6 atom stereocenters. The molecule has 0 radical (unpaired) electrons. The molecule has 0 saturated carbocycles. The normalized spacial score (nSPS) is 15.4. The third-order valence-corrected chi connectivity index (χ3v) is 13.3. The number of hydrogen-bond donors (Lipinski definition) is 6. The summed E-state index contributed by atoms with van der Waals surface area (Å²) >= 11 is 0. The Kier molecular flexibility index (Phi) is 44.7. The van der Waals surface area contributed by atoms with Crippen LogP contribution in [-0.4, -0.2) is 122 Å². The minimum absolute atomic E-state index is 0. The molecular weight excluding hydrogens is 1000 g/mol. The van der Waals surface area contributed by atoms with Gasteiger partial charge in [0.2, 0.25) is 0 Å². The van der Waals surface area contributed by atoms with E-state index in [9.17, 15) is 39.3 Å². The fourth-order valence-corrected chi connectivity index (χ4v) is 8.13. The topological polar surface area (TPSA) is 239 Å². The van der Waals surface area contributed by atoms with Crippen molar-refractivity contribution < 1.29 is 107 Å². The van der Waals surface area contributed by atoms with Gasteiger partial charge in [0.25, 0.3) is 0 Å². The van der Waals surface area contributed by atoms with Gasteiger partial charge < -0.3 is 58.6 Å². The Balaban J connectivity index is -0.000000541. The van der Waals surface area contributed by atoms with E-state index in [1.165, 1.54) is 49.4 Å². The van der Waals surface area contributed by atoms with Crippen molar-refractivity contribution in [1.82, 2.24) is 0 Å². The van der Waals surface area contributed by atoms with Crippen LogP contribution in [0.2, 0.25) is 0 Å². The van der Waals surface area contributed by atoms with Crippen LogP contribution in [0.4, 0.5) is 0 Å². The van der Waals surface area contributed by atoms with Crippen molar-refractivity contribution in [2.24, 2.45) is 21.7 Å². The maximum atomic E-state index is 12.6. The molecule has 0 aliphatic rings. The molecule has 0 fully saturated rings. The Bertz CT molecular complexity index is 1370. The van der Waals surface area contributed by atoms with E-state index in [1.807, 2.05) is 13.8 Å². The Labute approximate surface area is 426 Å². The molecule has 392 valence electrons. The standard InChI is InChI=1S/C24H40O11P2.2C12H22O3.Zr/c1-7-23(13-17-29-9-3,14-18-30-10-4)21-33-36(25,26)35-37(27,28)34-22-24(8-2,15-19-31-11-5)16-20-32-12-6;2*1-4-7-15-10-12(6-3,9-13)8-11(14)5-2;/h7-12H,1-6,13-22H2,(H,25,26)(H,27,28);2*4-5,11,13-14H,1-2,6-10H2,3H3;. The molecule has 0 rings (SSSR count). The molecule has 0 aliphatic carbocycles. The molecular formula is C48H84O17P2Zr. The first-order valence-electron chi connectivity index (χ1n) is 21.8. The molecule has 0 aromatic carbocycles. The van der Waals surface area contributed by atoms with Crippen molar-refractivity contribution in [3.8, 4) is 0 Å². The number of ether oxygens (including phenoxy) is 6. The van der Waals surface area contributed by atoms with Crippen molar-refractivity contribution in [1.29, 1.82) is 0 Å². The summed E-state index contributed by atoms with van der Waals surface area (Å²) in [6, 6.07) is 0. The van der Waals surface area contributed by atoms with Gasteiger partial charge in [-0.25, -0.2) is 9.13 Å². The van der Waals surface area contributed by atoms with Crippen LogP contribution in [0.1, 0.15) is 65.2 Å². The number of phosphoric ester groups is 2. The van der Waals surface area contributed by atoms with Gasteiger partial charge in [-0.2, -0.15) is 4.31 Å². The minimum Gasteiger partial charge on any atom is -0.502 e. The summed E-state index contributed by atoms with van der Waals surface area (Å²) in [7, 11) is -10.1. The molecule has 0 spiro atoms. The van der Waals surface area contributed by atoms with Gasteiger partial charge in [0.1, 0.15) is 0 Å². The Morgan fingerprint density at radius 3 is 1.03 bits per heavy atom. The quantitative estimate of drug-likeness (QED) is 0.0145. The van der Waals surface area contributed by atoms with Crippen LogP contribution in [0.15, 0.2) is 127 Å². The molecule has 6 N–H and O–H groups in total. The van der Waals surface area contributed by atoms with E-state index in [2.05, 4.69) is 70.1 Å². The molecule has 0 heterocycles. The first-order valence-corrected chi connectivity index (χ1v) is 24.8. The van der Waals surface area contributed by atoms with E-state index in [-0.39, 0.29) is 89.9 Å². The molecule has 0 aromatic heterocycles. The van der Waals surface area contributed by atoms with Crippen LogP contribution in [0.25, 0.3) is 0 Å². The van der Waals surface area contributed by atoms with Crippen molar-refractivity contribution in [2.45, 2.75) is 77.4 Å². The second kappa shape index (κ2) is 42.2. The maximum absolute atomic E-state index is 12.6. The van der Waals surface area contributed by atoms with Crippen molar-refractivity contribution >= 4 is 15.6 Å². The molecule has 20 heteroatoms. The molecule has 0 amide bonds. The van der Waals surface area contributed by atoms with Gasteiger partial charge in [-0.05, 0) is 51.4 Å². The second-order valence-electron chi connectivity index (χ2n) is 15.5. The number of aliphatic hydroxyl groups is 4. The van der Waals surface area contributed by atoms with Crippen LogP contribution in [-0.2, 0) is 77.1 Å². The van der Waals surface area contributed by atoms with Crippen molar-refractivity contribution in [3.05, 3.63) is 127 Å². The molecule has 17 nitrogen and oxygen atoms in total. The van der Waals surface area contributed by atoms with Gasteiger partial charge in [0.05, 0.1) is 117 Å². The number of rotatable bonds is 44. The Morgan fingerprint density at radius 1 is 0.529 bits per heavy atom. The largest absolute Gasteiger partial charge is 0.502 e. The third kappa shape index (κ3) is 33.9. The van der Waals surface area contributed by atoms with Crippen molar-refractivity contribution in [3.63, 3.8) is 0 Å². The molecule has 0 aromatic rings. The summed E-state index contributed by atoms with van der Waals surface area (Å²) in [5.74, 6) is 0. The first-order chi connectivity index (χ1) is 31.8. The van der Waals surface area contributed by atoms with Gasteiger partial charge >= 0.3 is 15.6 Å². The predicted molar refractivity (Wildman–Crippen MR) is 264 cm³/mol. The second-order valence-corrected chi connectivity index (χ2v) is 18.5. The number of hydrogen-bond acceptors (Lipinski definition) is 15.